The number of fused-ring (bicyclic) bond motifs is 2. The van der Waals surface area contributed by atoms with Crippen molar-refractivity contribution in [3.05, 3.63) is 42.5 Å². The van der Waals surface area contributed by atoms with Crippen molar-refractivity contribution in [2.45, 2.75) is 0 Å². The number of benzene rings is 2. The Morgan fingerprint density at radius 1 is 1.15 bits per heavy atom. The summed E-state index contributed by atoms with van der Waals surface area (Å²) in [5, 5.41) is 11.2. The highest BCUT2D eigenvalue weighted by Gasteiger charge is 2.17. The molecule has 0 radical (unpaired) electrons. The van der Waals surface area contributed by atoms with E-state index < -0.39 is 0 Å². The molecule has 0 bridgehead atoms. The molecular weight excluding hydrogens is 272 g/mol. The van der Waals surface area contributed by atoms with Crippen LogP contribution < -0.4 is 5.73 Å². The molecule has 0 atom stereocenters. The first-order valence-corrected chi connectivity index (χ1v) is 6.91. The lowest BCUT2D eigenvalue weighted by Gasteiger charge is -1.94. The zero-order valence-electron chi connectivity index (χ0n) is 10.3. The quantitative estimate of drug-likeness (QED) is 0.553. The molecule has 0 unspecified atom stereocenters. The molecule has 4 nitrogen and oxygen atoms in total. The van der Waals surface area contributed by atoms with E-state index in [9.17, 15) is 5.11 Å². The summed E-state index contributed by atoms with van der Waals surface area (Å²) in [7, 11) is 0. The summed E-state index contributed by atoms with van der Waals surface area (Å²) in [5.41, 5.74) is 8.30. The number of nitrogens with two attached hydrogens (primary N) is 1. The molecule has 98 valence electrons. The second-order valence-corrected chi connectivity index (χ2v) is 5.54. The second kappa shape index (κ2) is 3.98. The number of para-hydroxylation sites is 1. The van der Waals surface area contributed by atoms with Gasteiger partial charge in [-0.05, 0) is 30.3 Å². The van der Waals surface area contributed by atoms with Crippen LogP contribution in [-0.2, 0) is 0 Å². The molecule has 4 aromatic rings. The SMILES string of the molecule is Nc1oc2ccc(O)cc2c1-c1nc2ccccc2s1. The Morgan fingerprint density at radius 3 is 2.85 bits per heavy atom. The fourth-order valence-corrected chi connectivity index (χ4v) is 3.33. The second-order valence-electron chi connectivity index (χ2n) is 4.51. The third-order valence-corrected chi connectivity index (χ3v) is 4.26. The van der Waals surface area contributed by atoms with Crippen LogP contribution in [0.1, 0.15) is 0 Å². The van der Waals surface area contributed by atoms with Gasteiger partial charge in [-0.1, -0.05) is 12.1 Å². The molecular formula is C15H10N2O2S. The number of anilines is 1. The van der Waals surface area contributed by atoms with E-state index in [0.717, 1.165) is 26.2 Å². The van der Waals surface area contributed by atoms with Crippen molar-refractivity contribution in [1.29, 1.82) is 0 Å². The van der Waals surface area contributed by atoms with E-state index in [-0.39, 0.29) is 5.75 Å². The first-order chi connectivity index (χ1) is 9.72. The van der Waals surface area contributed by atoms with Crippen molar-refractivity contribution in [2.24, 2.45) is 0 Å². The smallest absolute Gasteiger partial charge is 0.201 e. The molecule has 2 heterocycles. The van der Waals surface area contributed by atoms with Crippen molar-refractivity contribution in [2.75, 3.05) is 5.73 Å². The number of nitrogen functional groups attached to an aromatic ring is 1. The van der Waals surface area contributed by atoms with Gasteiger partial charge in [0, 0.05) is 5.39 Å². The summed E-state index contributed by atoms with van der Waals surface area (Å²) >= 11 is 1.56. The topological polar surface area (TPSA) is 72.3 Å². The highest BCUT2D eigenvalue weighted by Crippen LogP contribution is 2.41. The van der Waals surface area contributed by atoms with Crippen LogP contribution in [0, 0.1) is 0 Å². The Hall–Kier alpha value is -2.53. The van der Waals surface area contributed by atoms with E-state index in [1.807, 2.05) is 24.3 Å². The molecule has 0 aliphatic heterocycles. The van der Waals surface area contributed by atoms with Gasteiger partial charge in [0.05, 0.1) is 15.8 Å². The van der Waals surface area contributed by atoms with Crippen molar-refractivity contribution in [1.82, 2.24) is 4.98 Å². The number of phenols is 1. The minimum atomic E-state index is 0.181. The number of hydrogen-bond donors (Lipinski definition) is 2. The van der Waals surface area contributed by atoms with E-state index in [1.54, 1.807) is 29.5 Å². The largest absolute Gasteiger partial charge is 0.508 e. The molecule has 0 aliphatic carbocycles. The summed E-state index contributed by atoms with van der Waals surface area (Å²) in [6.07, 6.45) is 0. The van der Waals surface area contributed by atoms with Crippen LogP contribution in [0.25, 0.3) is 31.8 Å². The van der Waals surface area contributed by atoms with E-state index in [1.165, 1.54) is 0 Å². The van der Waals surface area contributed by atoms with Crippen LogP contribution in [-0.4, -0.2) is 10.1 Å². The highest BCUT2D eigenvalue weighted by atomic mass is 32.1. The molecule has 3 N–H and O–H groups in total. The number of rotatable bonds is 1. The predicted octanol–water partition coefficient (Wildman–Crippen LogP) is 4.00. The number of hydrogen-bond acceptors (Lipinski definition) is 5. The van der Waals surface area contributed by atoms with Gasteiger partial charge < -0.3 is 15.3 Å². The maximum absolute atomic E-state index is 9.65. The molecule has 20 heavy (non-hydrogen) atoms. The van der Waals surface area contributed by atoms with Crippen molar-refractivity contribution in [3.8, 4) is 16.3 Å². The molecule has 0 aliphatic rings. The van der Waals surface area contributed by atoms with Crippen molar-refractivity contribution in [3.63, 3.8) is 0 Å². The van der Waals surface area contributed by atoms with Crippen LogP contribution in [0.3, 0.4) is 0 Å². The maximum atomic E-state index is 9.65. The molecule has 2 aromatic carbocycles. The summed E-state index contributed by atoms with van der Waals surface area (Å²) in [6.45, 7) is 0. The maximum Gasteiger partial charge on any atom is 0.201 e. The van der Waals surface area contributed by atoms with E-state index in [0.29, 0.717) is 11.5 Å². The Labute approximate surface area is 118 Å². The van der Waals surface area contributed by atoms with Crippen molar-refractivity contribution >= 4 is 38.4 Å². The summed E-state index contributed by atoms with van der Waals surface area (Å²) in [5.74, 6) is 0.505. The third kappa shape index (κ3) is 1.57. The number of phenolic OH excluding ortho intramolecular Hbond substituents is 1. The fraction of sp³-hybridized carbons (Fsp3) is 0. The van der Waals surface area contributed by atoms with E-state index in [4.69, 9.17) is 10.2 Å². The molecule has 0 saturated carbocycles. The normalized spacial score (nSPS) is 11.4. The summed E-state index contributed by atoms with van der Waals surface area (Å²) < 4.78 is 6.63. The molecule has 2 aromatic heterocycles. The highest BCUT2D eigenvalue weighted by molar-refractivity contribution is 7.21. The lowest BCUT2D eigenvalue weighted by molar-refractivity contribution is 0.476. The van der Waals surface area contributed by atoms with Gasteiger partial charge in [-0.3, -0.25) is 0 Å². The lowest BCUT2D eigenvalue weighted by atomic mass is 10.1. The van der Waals surface area contributed by atoms with Gasteiger partial charge in [0.25, 0.3) is 0 Å². The van der Waals surface area contributed by atoms with Crippen LogP contribution in [0.15, 0.2) is 46.9 Å². The Bertz CT molecular complexity index is 907. The Kier molecular flexibility index (Phi) is 2.25. The first-order valence-electron chi connectivity index (χ1n) is 6.09. The predicted molar refractivity (Wildman–Crippen MR) is 80.9 cm³/mol. The third-order valence-electron chi connectivity index (χ3n) is 3.21. The zero-order chi connectivity index (χ0) is 13.7. The number of thiazole rings is 1. The minimum absolute atomic E-state index is 0.181. The van der Waals surface area contributed by atoms with Crippen LogP contribution in [0.4, 0.5) is 5.88 Å². The summed E-state index contributed by atoms with van der Waals surface area (Å²) in [4.78, 5) is 4.59. The molecule has 5 heteroatoms. The van der Waals surface area contributed by atoms with Gasteiger partial charge in [0.1, 0.15) is 16.3 Å². The van der Waals surface area contributed by atoms with E-state index >= 15 is 0 Å². The standard InChI is InChI=1S/C15H10N2O2S/c16-14-13(9-7-8(18)5-6-11(9)19-14)15-17-10-3-1-2-4-12(10)20-15/h1-7,18H,16H2. The van der Waals surface area contributed by atoms with Crippen LogP contribution >= 0.6 is 11.3 Å². The van der Waals surface area contributed by atoms with E-state index in [2.05, 4.69) is 4.98 Å². The first kappa shape index (κ1) is 11.3. The molecule has 0 saturated heterocycles. The number of furan rings is 1. The fourth-order valence-electron chi connectivity index (χ4n) is 2.30. The number of aromatic nitrogens is 1. The molecule has 0 spiro atoms. The molecule has 0 amide bonds. The lowest BCUT2D eigenvalue weighted by Crippen LogP contribution is -1.84. The average molecular weight is 282 g/mol. The Morgan fingerprint density at radius 2 is 2.00 bits per heavy atom. The van der Waals surface area contributed by atoms with Gasteiger partial charge in [-0.2, -0.15) is 0 Å². The van der Waals surface area contributed by atoms with Gasteiger partial charge in [0.2, 0.25) is 5.88 Å². The van der Waals surface area contributed by atoms with Crippen LogP contribution in [0.2, 0.25) is 0 Å². The molecule has 0 fully saturated rings. The zero-order valence-corrected chi connectivity index (χ0v) is 11.1. The molecule has 4 rings (SSSR count). The number of nitrogens with zero attached hydrogens (tertiary/aromatic N) is 1. The van der Waals surface area contributed by atoms with Gasteiger partial charge in [-0.25, -0.2) is 4.98 Å². The van der Waals surface area contributed by atoms with Gasteiger partial charge in [-0.15, -0.1) is 11.3 Å². The Balaban J connectivity index is 2.05. The van der Waals surface area contributed by atoms with Gasteiger partial charge in [0.15, 0.2) is 0 Å². The minimum Gasteiger partial charge on any atom is -0.508 e. The summed E-state index contributed by atoms with van der Waals surface area (Å²) in [6, 6.07) is 12.8. The average Bonchev–Trinajstić information content (AvgIpc) is 2.97. The van der Waals surface area contributed by atoms with Crippen LogP contribution in [0.5, 0.6) is 5.75 Å². The number of aromatic hydroxyl groups is 1. The monoisotopic (exact) mass is 282 g/mol. The van der Waals surface area contributed by atoms with Crippen molar-refractivity contribution < 1.29 is 9.52 Å². The van der Waals surface area contributed by atoms with Gasteiger partial charge >= 0.3 is 0 Å².